The molecule has 0 saturated carbocycles. The zero-order valence-electron chi connectivity index (χ0n) is 12.9. The summed E-state index contributed by atoms with van der Waals surface area (Å²) in [4.78, 5) is 11.4. The Hall–Kier alpha value is -1.20. The number of methoxy groups -OCH3 is 1. The summed E-state index contributed by atoms with van der Waals surface area (Å²) < 4.78 is 5.04. The molecule has 0 amide bonds. The molecule has 2 heterocycles. The van der Waals surface area contributed by atoms with Gasteiger partial charge in [0.05, 0.1) is 24.2 Å². The van der Waals surface area contributed by atoms with E-state index in [1.54, 1.807) is 7.11 Å². The number of piperidine rings is 1. The first-order valence-electron chi connectivity index (χ1n) is 7.45. The third-order valence-corrected chi connectivity index (χ3v) is 4.03. The number of hydrogen-bond acceptors (Lipinski definition) is 5. The summed E-state index contributed by atoms with van der Waals surface area (Å²) in [5, 5.41) is 3.46. The van der Waals surface area contributed by atoms with Gasteiger partial charge < -0.3 is 15.0 Å². The monoisotopic (exact) mass is 278 g/mol. The van der Waals surface area contributed by atoms with Crippen LogP contribution in [-0.2, 0) is 4.74 Å². The predicted molar refractivity (Wildman–Crippen MR) is 81.2 cm³/mol. The second kappa shape index (κ2) is 7.55. The van der Waals surface area contributed by atoms with Crippen LogP contribution >= 0.6 is 0 Å². The predicted octanol–water partition coefficient (Wildman–Crippen LogP) is 1.55. The third-order valence-electron chi connectivity index (χ3n) is 4.03. The van der Waals surface area contributed by atoms with Crippen molar-refractivity contribution in [2.75, 3.05) is 44.8 Å². The molecule has 0 bridgehead atoms. The van der Waals surface area contributed by atoms with Gasteiger partial charge in [-0.25, -0.2) is 4.98 Å². The van der Waals surface area contributed by atoms with Crippen LogP contribution in [0.2, 0.25) is 0 Å². The second-order valence-corrected chi connectivity index (χ2v) is 5.53. The van der Waals surface area contributed by atoms with Crippen molar-refractivity contribution in [2.24, 2.45) is 5.92 Å². The fourth-order valence-corrected chi connectivity index (χ4v) is 2.53. The molecule has 20 heavy (non-hydrogen) atoms. The van der Waals surface area contributed by atoms with E-state index in [-0.39, 0.29) is 0 Å². The summed E-state index contributed by atoms with van der Waals surface area (Å²) in [5.41, 5.74) is 2.05. The molecule has 112 valence electrons. The largest absolute Gasteiger partial charge is 0.383 e. The van der Waals surface area contributed by atoms with Crippen molar-refractivity contribution in [1.82, 2.24) is 15.3 Å². The van der Waals surface area contributed by atoms with Gasteiger partial charge in [0.1, 0.15) is 5.82 Å². The molecule has 0 aromatic carbocycles. The number of nitrogens with zero attached hydrogens (tertiary/aromatic N) is 3. The summed E-state index contributed by atoms with van der Waals surface area (Å²) in [5.74, 6) is 1.79. The molecule has 1 fully saturated rings. The molecule has 5 heteroatoms. The van der Waals surface area contributed by atoms with Crippen molar-refractivity contribution >= 4 is 5.82 Å². The van der Waals surface area contributed by atoms with Crippen molar-refractivity contribution < 1.29 is 4.74 Å². The number of rotatable bonds is 6. The molecule has 2 rings (SSSR count). The van der Waals surface area contributed by atoms with Crippen LogP contribution in [-0.4, -0.2) is 49.9 Å². The molecule has 1 aromatic heterocycles. The van der Waals surface area contributed by atoms with Crippen LogP contribution in [0.15, 0.2) is 6.20 Å². The Morgan fingerprint density at radius 2 is 2.05 bits per heavy atom. The molecular weight excluding hydrogens is 252 g/mol. The highest BCUT2D eigenvalue weighted by Crippen LogP contribution is 2.21. The van der Waals surface area contributed by atoms with Gasteiger partial charge in [0.2, 0.25) is 0 Å². The fraction of sp³-hybridized carbons (Fsp3) is 0.733. The minimum atomic E-state index is 0.766. The first-order chi connectivity index (χ1) is 9.70. The van der Waals surface area contributed by atoms with E-state index in [4.69, 9.17) is 4.74 Å². The maximum atomic E-state index is 5.04. The van der Waals surface area contributed by atoms with Crippen molar-refractivity contribution in [3.63, 3.8) is 0 Å². The number of aryl methyl sites for hydroxylation is 2. The van der Waals surface area contributed by atoms with E-state index in [2.05, 4.69) is 20.2 Å². The summed E-state index contributed by atoms with van der Waals surface area (Å²) in [6.45, 7) is 9.01. The quantitative estimate of drug-likeness (QED) is 0.800. The van der Waals surface area contributed by atoms with Crippen LogP contribution < -0.4 is 10.2 Å². The topological polar surface area (TPSA) is 50.3 Å². The van der Waals surface area contributed by atoms with Crippen molar-refractivity contribution in [1.29, 1.82) is 0 Å². The SMILES string of the molecule is COCCNCC1CCN(c2cnc(C)c(C)n2)CC1. The highest BCUT2D eigenvalue weighted by molar-refractivity contribution is 5.37. The number of anilines is 1. The molecular formula is C15H26N4O. The average Bonchev–Trinajstić information content (AvgIpc) is 2.47. The minimum absolute atomic E-state index is 0.766. The Bertz CT molecular complexity index is 416. The van der Waals surface area contributed by atoms with E-state index in [9.17, 15) is 0 Å². The van der Waals surface area contributed by atoms with E-state index < -0.39 is 0 Å². The summed E-state index contributed by atoms with van der Waals surface area (Å²) in [7, 11) is 1.74. The highest BCUT2D eigenvalue weighted by Gasteiger charge is 2.20. The lowest BCUT2D eigenvalue weighted by Crippen LogP contribution is -2.38. The number of hydrogen-bond donors (Lipinski definition) is 1. The van der Waals surface area contributed by atoms with Crippen molar-refractivity contribution in [2.45, 2.75) is 26.7 Å². The zero-order chi connectivity index (χ0) is 14.4. The van der Waals surface area contributed by atoms with Gasteiger partial charge >= 0.3 is 0 Å². The van der Waals surface area contributed by atoms with E-state index in [0.29, 0.717) is 0 Å². The van der Waals surface area contributed by atoms with E-state index in [1.165, 1.54) is 12.8 Å². The van der Waals surface area contributed by atoms with Crippen LogP contribution in [0.5, 0.6) is 0 Å². The van der Waals surface area contributed by atoms with Crippen LogP contribution in [0.25, 0.3) is 0 Å². The van der Waals surface area contributed by atoms with Crippen LogP contribution in [0, 0.1) is 19.8 Å². The maximum Gasteiger partial charge on any atom is 0.147 e. The van der Waals surface area contributed by atoms with Crippen LogP contribution in [0.4, 0.5) is 5.82 Å². The molecule has 0 aliphatic carbocycles. The fourth-order valence-electron chi connectivity index (χ4n) is 2.53. The lowest BCUT2D eigenvalue weighted by Gasteiger charge is -2.33. The summed E-state index contributed by atoms with van der Waals surface area (Å²) >= 11 is 0. The smallest absolute Gasteiger partial charge is 0.147 e. The van der Waals surface area contributed by atoms with Gasteiger partial charge in [-0.05, 0) is 39.2 Å². The minimum Gasteiger partial charge on any atom is -0.383 e. The molecule has 0 radical (unpaired) electrons. The molecule has 1 saturated heterocycles. The highest BCUT2D eigenvalue weighted by atomic mass is 16.5. The Morgan fingerprint density at radius 3 is 2.70 bits per heavy atom. The Morgan fingerprint density at radius 1 is 1.30 bits per heavy atom. The lowest BCUT2D eigenvalue weighted by molar-refractivity contribution is 0.196. The Balaban J connectivity index is 1.77. The number of ether oxygens (including phenoxy) is 1. The Labute approximate surface area is 121 Å². The lowest BCUT2D eigenvalue weighted by atomic mass is 9.97. The number of nitrogens with one attached hydrogen (secondary N) is 1. The van der Waals surface area contributed by atoms with Gasteiger partial charge in [-0.15, -0.1) is 0 Å². The number of aromatic nitrogens is 2. The average molecular weight is 278 g/mol. The van der Waals surface area contributed by atoms with Crippen LogP contribution in [0.1, 0.15) is 24.2 Å². The Kier molecular flexibility index (Phi) is 5.73. The summed E-state index contributed by atoms with van der Waals surface area (Å²) in [6, 6.07) is 0. The van der Waals surface area contributed by atoms with Gasteiger partial charge in [-0.2, -0.15) is 0 Å². The van der Waals surface area contributed by atoms with Gasteiger partial charge in [0, 0.05) is 26.7 Å². The van der Waals surface area contributed by atoms with E-state index in [0.717, 1.165) is 55.9 Å². The van der Waals surface area contributed by atoms with Gasteiger partial charge in [0.15, 0.2) is 0 Å². The van der Waals surface area contributed by atoms with Gasteiger partial charge in [-0.3, -0.25) is 4.98 Å². The first kappa shape index (κ1) is 15.2. The molecule has 0 atom stereocenters. The first-order valence-corrected chi connectivity index (χ1v) is 7.45. The molecule has 1 aliphatic rings. The standard InChI is InChI=1S/C15H26N4O/c1-12-13(2)18-15(11-17-12)19-7-4-14(5-8-19)10-16-6-9-20-3/h11,14,16H,4-10H2,1-3H3. The zero-order valence-corrected chi connectivity index (χ0v) is 12.9. The second-order valence-electron chi connectivity index (χ2n) is 5.53. The van der Waals surface area contributed by atoms with E-state index >= 15 is 0 Å². The molecule has 0 unspecified atom stereocenters. The molecule has 5 nitrogen and oxygen atoms in total. The van der Waals surface area contributed by atoms with E-state index in [1.807, 2.05) is 20.0 Å². The van der Waals surface area contributed by atoms with Crippen molar-refractivity contribution in [3.05, 3.63) is 17.6 Å². The van der Waals surface area contributed by atoms with Gasteiger partial charge in [0.25, 0.3) is 0 Å². The van der Waals surface area contributed by atoms with Crippen LogP contribution in [0.3, 0.4) is 0 Å². The normalized spacial score (nSPS) is 16.6. The maximum absolute atomic E-state index is 5.04. The molecule has 0 spiro atoms. The van der Waals surface area contributed by atoms with Gasteiger partial charge in [-0.1, -0.05) is 0 Å². The third kappa shape index (κ3) is 4.15. The molecule has 1 N–H and O–H groups in total. The molecule has 1 aliphatic heterocycles. The molecule has 1 aromatic rings. The van der Waals surface area contributed by atoms with Crippen molar-refractivity contribution in [3.8, 4) is 0 Å². The summed E-state index contributed by atoms with van der Waals surface area (Å²) in [6.07, 6.45) is 4.34.